The van der Waals surface area contributed by atoms with Crippen LogP contribution >= 0.6 is 0 Å². The Kier molecular flexibility index (Phi) is 4.95. The van der Waals surface area contributed by atoms with Crippen molar-refractivity contribution in [3.63, 3.8) is 0 Å². The standard InChI is InChI=1S/C20H20N2O3/c1-13-3-4-15-12-18(14(2)21-19(15)11-13)20(24)22-16-5-7-17(8-6-16)25-10-9-23/h3-8,11-12,23H,9-10H2,1-2H3,(H,22,24). The zero-order chi connectivity index (χ0) is 17.8. The molecule has 0 fully saturated rings. The molecule has 5 nitrogen and oxygen atoms in total. The summed E-state index contributed by atoms with van der Waals surface area (Å²) < 4.78 is 5.30. The van der Waals surface area contributed by atoms with Crippen LogP contribution in [0.25, 0.3) is 10.9 Å². The number of hydrogen-bond acceptors (Lipinski definition) is 4. The van der Waals surface area contributed by atoms with Gasteiger partial charge in [0.05, 0.1) is 23.4 Å². The first kappa shape index (κ1) is 16.9. The molecule has 1 aromatic heterocycles. The summed E-state index contributed by atoms with van der Waals surface area (Å²) >= 11 is 0. The van der Waals surface area contributed by atoms with Gasteiger partial charge >= 0.3 is 0 Å². The molecule has 0 saturated carbocycles. The van der Waals surface area contributed by atoms with Crippen LogP contribution in [-0.2, 0) is 0 Å². The van der Waals surface area contributed by atoms with Gasteiger partial charge in [-0.05, 0) is 55.8 Å². The maximum Gasteiger partial charge on any atom is 0.257 e. The van der Waals surface area contributed by atoms with Gasteiger partial charge in [0, 0.05) is 11.1 Å². The highest BCUT2D eigenvalue weighted by Gasteiger charge is 2.12. The number of nitrogens with zero attached hydrogens (tertiary/aromatic N) is 1. The van der Waals surface area contributed by atoms with E-state index >= 15 is 0 Å². The third kappa shape index (κ3) is 3.95. The lowest BCUT2D eigenvalue weighted by Crippen LogP contribution is -2.14. The molecule has 3 rings (SSSR count). The van der Waals surface area contributed by atoms with Crippen molar-refractivity contribution in [2.45, 2.75) is 13.8 Å². The molecule has 0 radical (unpaired) electrons. The van der Waals surface area contributed by atoms with E-state index in [-0.39, 0.29) is 19.1 Å². The van der Waals surface area contributed by atoms with E-state index in [1.165, 1.54) is 0 Å². The largest absolute Gasteiger partial charge is 0.491 e. The first-order chi connectivity index (χ1) is 12.1. The molecular weight excluding hydrogens is 316 g/mol. The van der Waals surface area contributed by atoms with Gasteiger partial charge in [-0.1, -0.05) is 12.1 Å². The van der Waals surface area contributed by atoms with Crippen LogP contribution in [0.15, 0.2) is 48.5 Å². The van der Waals surface area contributed by atoms with E-state index in [1.54, 1.807) is 24.3 Å². The van der Waals surface area contributed by atoms with E-state index in [9.17, 15) is 4.79 Å². The van der Waals surface area contributed by atoms with Crippen LogP contribution in [0.5, 0.6) is 5.75 Å². The summed E-state index contributed by atoms with van der Waals surface area (Å²) in [6.45, 7) is 4.06. The lowest BCUT2D eigenvalue weighted by Gasteiger charge is -2.10. The summed E-state index contributed by atoms with van der Waals surface area (Å²) in [6.07, 6.45) is 0. The number of benzene rings is 2. The van der Waals surface area contributed by atoms with Gasteiger partial charge in [-0.2, -0.15) is 0 Å². The van der Waals surface area contributed by atoms with E-state index in [1.807, 2.05) is 38.1 Å². The average molecular weight is 336 g/mol. The number of nitrogens with one attached hydrogen (secondary N) is 1. The maximum atomic E-state index is 12.6. The molecule has 0 aliphatic rings. The first-order valence-electron chi connectivity index (χ1n) is 8.10. The van der Waals surface area contributed by atoms with E-state index < -0.39 is 0 Å². The monoisotopic (exact) mass is 336 g/mol. The lowest BCUT2D eigenvalue weighted by molar-refractivity contribution is 0.102. The molecule has 0 saturated heterocycles. The third-order valence-corrected chi connectivity index (χ3v) is 3.88. The number of carbonyl (C=O) groups is 1. The van der Waals surface area contributed by atoms with Crippen molar-refractivity contribution in [1.29, 1.82) is 0 Å². The Morgan fingerprint density at radius 1 is 1.12 bits per heavy atom. The van der Waals surface area contributed by atoms with E-state index in [0.29, 0.717) is 22.7 Å². The topological polar surface area (TPSA) is 71.5 Å². The van der Waals surface area contributed by atoms with Crippen molar-refractivity contribution >= 4 is 22.5 Å². The zero-order valence-corrected chi connectivity index (χ0v) is 14.2. The van der Waals surface area contributed by atoms with E-state index in [0.717, 1.165) is 16.5 Å². The molecular formula is C20H20N2O3. The highest BCUT2D eigenvalue weighted by molar-refractivity contribution is 6.06. The number of aliphatic hydroxyl groups is 1. The Labute approximate surface area is 146 Å². The number of rotatable bonds is 5. The van der Waals surface area contributed by atoms with Crippen molar-refractivity contribution in [2.75, 3.05) is 18.5 Å². The number of aryl methyl sites for hydroxylation is 2. The quantitative estimate of drug-likeness (QED) is 0.748. The number of ether oxygens (including phenoxy) is 1. The number of hydrogen-bond donors (Lipinski definition) is 2. The summed E-state index contributed by atoms with van der Waals surface area (Å²) in [5.41, 5.74) is 3.94. The maximum absolute atomic E-state index is 12.6. The van der Waals surface area contributed by atoms with Crippen LogP contribution in [0.4, 0.5) is 5.69 Å². The molecule has 1 heterocycles. The molecule has 0 aliphatic carbocycles. The molecule has 2 N–H and O–H groups in total. The molecule has 5 heteroatoms. The van der Waals surface area contributed by atoms with Crippen LogP contribution in [0.1, 0.15) is 21.6 Å². The van der Waals surface area contributed by atoms with Gasteiger partial charge in [-0.3, -0.25) is 9.78 Å². The number of amides is 1. The molecule has 0 spiro atoms. The Hall–Kier alpha value is -2.92. The molecule has 2 aromatic carbocycles. The summed E-state index contributed by atoms with van der Waals surface area (Å²) in [7, 11) is 0. The van der Waals surface area contributed by atoms with Gasteiger partial charge in [-0.15, -0.1) is 0 Å². The fourth-order valence-electron chi connectivity index (χ4n) is 2.60. The second-order valence-corrected chi connectivity index (χ2v) is 5.87. The molecule has 0 atom stereocenters. The van der Waals surface area contributed by atoms with Crippen LogP contribution in [0, 0.1) is 13.8 Å². The van der Waals surface area contributed by atoms with Crippen LogP contribution in [0.3, 0.4) is 0 Å². The number of anilines is 1. The lowest BCUT2D eigenvalue weighted by atomic mass is 10.1. The van der Waals surface area contributed by atoms with Crippen LogP contribution < -0.4 is 10.1 Å². The Balaban J connectivity index is 1.80. The summed E-state index contributed by atoms with van der Waals surface area (Å²) in [5.74, 6) is 0.447. The van der Waals surface area contributed by atoms with E-state index in [4.69, 9.17) is 9.84 Å². The Morgan fingerprint density at radius 3 is 2.60 bits per heavy atom. The first-order valence-corrected chi connectivity index (χ1v) is 8.10. The highest BCUT2D eigenvalue weighted by atomic mass is 16.5. The number of aromatic nitrogens is 1. The fraction of sp³-hybridized carbons (Fsp3) is 0.200. The van der Waals surface area contributed by atoms with Gasteiger partial charge in [0.2, 0.25) is 0 Å². The molecule has 0 unspecified atom stereocenters. The van der Waals surface area contributed by atoms with Gasteiger partial charge < -0.3 is 15.2 Å². The van der Waals surface area contributed by atoms with Crippen molar-refractivity contribution in [3.8, 4) is 5.75 Å². The van der Waals surface area contributed by atoms with Gasteiger partial charge in [0.15, 0.2) is 0 Å². The fourth-order valence-corrected chi connectivity index (χ4v) is 2.60. The Bertz CT molecular complexity index is 905. The summed E-state index contributed by atoms with van der Waals surface area (Å²) in [5, 5.41) is 12.6. The number of pyridine rings is 1. The SMILES string of the molecule is Cc1ccc2cc(C(=O)Nc3ccc(OCCO)cc3)c(C)nc2c1. The van der Waals surface area contributed by atoms with Crippen molar-refractivity contribution in [3.05, 3.63) is 65.4 Å². The average Bonchev–Trinajstić information content (AvgIpc) is 2.60. The van der Waals surface area contributed by atoms with Crippen molar-refractivity contribution in [2.24, 2.45) is 0 Å². The summed E-state index contributed by atoms with van der Waals surface area (Å²) in [6, 6.07) is 14.9. The number of fused-ring (bicyclic) bond motifs is 1. The van der Waals surface area contributed by atoms with E-state index in [2.05, 4.69) is 10.3 Å². The summed E-state index contributed by atoms with van der Waals surface area (Å²) in [4.78, 5) is 17.1. The van der Waals surface area contributed by atoms with Gasteiger partial charge in [0.1, 0.15) is 12.4 Å². The molecule has 1 amide bonds. The normalized spacial score (nSPS) is 10.7. The van der Waals surface area contributed by atoms with Gasteiger partial charge in [0.25, 0.3) is 5.91 Å². The number of aliphatic hydroxyl groups excluding tert-OH is 1. The minimum absolute atomic E-state index is 0.0355. The molecule has 3 aromatic rings. The smallest absolute Gasteiger partial charge is 0.257 e. The van der Waals surface area contributed by atoms with Crippen LogP contribution in [-0.4, -0.2) is 29.2 Å². The van der Waals surface area contributed by atoms with Crippen molar-refractivity contribution in [1.82, 2.24) is 4.98 Å². The minimum atomic E-state index is -0.198. The highest BCUT2D eigenvalue weighted by Crippen LogP contribution is 2.20. The second-order valence-electron chi connectivity index (χ2n) is 5.87. The zero-order valence-electron chi connectivity index (χ0n) is 14.2. The Morgan fingerprint density at radius 2 is 1.88 bits per heavy atom. The molecule has 128 valence electrons. The minimum Gasteiger partial charge on any atom is -0.491 e. The predicted octanol–water partition coefficient (Wildman–Crippen LogP) is 3.48. The second kappa shape index (κ2) is 7.32. The molecule has 25 heavy (non-hydrogen) atoms. The number of carbonyl (C=O) groups excluding carboxylic acids is 1. The third-order valence-electron chi connectivity index (χ3n) is 3.88. The van der Waals surface area contributed by atoms with Crippen molar-refractivity contribution < 1.29 is 14.6 Å². The molecule has 0 aliphatic heterocycles. The molecule has 0 bridgehead atoms. The predicted molar refractivity (Wildman–Crippen MR) is 98.2 cm³/mol. The van der Waals surface area contributed by atoms with Crippen LogP contribution in [0.2, 0.25) is 0 Å². The van der Waals surface area contributed by atoms with Gasteiger partial charge in [-0.25, -0.2) is 0 Å².